The number of rotatable bonds is 4. The first kappa shape index (κ1) is 14.2. The molecule has 22 heavy (non-hydrogen) atoms. The van der Waals surface area contributed by atoms with Crippen molar-refractivity contribution in [2.24, 2.45) is 5.92 Å². The molecular weight excluding hydrogens is 276 g/mol. The van der Waals surface area contributed by atoms with E-state index >= 15 is 0 Å². The van der Waals surface area contributed by atoms with Crippen molar-refractivity contribution in [1.29, 1.82) is 0 Å². The Hall–Kier alpha value is -2.75. The Labute approximate surface area is 128 Å². The first-order valence-electron chi connectivity index (χ1n) is 7.19. The largest absolute Gasteiger partial charge is 0.481 e. The van der Waals surface area contributed by atoms with Crippen LogP contribution in [-0.2, 0) is 11.2 Å². The molecule has 3 rings (SSSR count). The fraction of sp³-hybridized carbons (Fsp3) is 0.167. The molecule has 0 amide bonds. The summed E-state index contributed by atoms with van der Waals surface area (Å²) < 4.78 is 0. The van der Waals surface area contributed by atoms with Gasteiger partial charge < -0.3 is 5.11 Å². The molecule has 4 heteroatoms. The summed E-state index contributed by atoms with van der Waals surface area (Å²) >= 11 is 0. The van der Waals surface area contributed by atoms with Crippen molar-refractivity contribution in [2.45, 2.75) is 13.3 Å². The molecule has 0 radical (unpaired) electrons. The number of carboxylic acid groups (broad SMARTS) is 1. The quantitative estimate of drug-likeness (QED) is 0.798. The van der Waals surface area contributed by atoms with Gasteiger partial charge in [-0.05, 0) is 6.07 Å². The van der Waals surface area contributed by atoms with E-state index in [0.29, 0.717) is 12.2 Å². The van der Waals surface area contributed by atoms with Gasteiger partial charge >= 0.3 is 5.97 Å². The number of para-hydroxylation sites is 1. The zero-order chi connectivity index (χ0) is 15.5. The summed E-state index contributed by atoms with van der Waals surface area (Å²) in [5.74, 6) is -0.669. The third kappa shape index (κ3) is 2.81. The van der Waals surface area contributed by atoms with Crippen LogP contribution in [0.3, 0.4) is 0 Å². The molecule has 1 aromatic heterocycles. The van der Waals surface area contributed by atoms with Crippen LogP contribution in [0.4, 0.5) is 0 Å². The molecule has 0 bridgehead atoms. The van der Waals surface area contributed by atoms with E-state index in [2.05, 4.69) is 9.97 Å². The fourth-order valence-electron chi connectivity index (χ4n) is 2.39. The van der Waals surface area contributed by atoms with Crippen LogP contribution < -0.4 is 0 Å². The van der Waals surface area contributed by atoms with Gasteiger partial charge in [0, 0.05) is 17.4 Å². The van der Waals surface area contributed by atoms with E-state index in [4.69, 9.17) is 5.11 Å². The second-order valence-corrected chi connectivity index (χ2v) is 5.32. The van der Waals surface area contributed by atoms with Gasteiger partial charge in [-0.3, -0.25) is 4.79 Å². The minimum absolute atomic E-state index is 0.387. The number of hydrogen-bond acceptors (Lipinski definition) is 3. The molecule has 1 N–H and O–H groups in total. The normalized spacial score (nSPS) is 12.2. The van der Waals surface area contributed by atoms with Gasteiger partial charge in [0.1, 0.15) is 0 Å². The second kappa shape index (κ2) is 5.93. The van der Waals surface area contributed by atoms with E-state index in [-0.39, 0.29) is 0 Å². The Morgan fingerprint density at radius 2 is 1.73 bits per heavy atom. The minimum atomic E-state index is -0.816. The summed E-state index contributed by atoms with van der Waals surface area (Å²) in [6.07, 6.45) is 0.387. The van der Waals surface area contributed by atoms with E-state index in [1.165, 1.54) is 0 Å². The lowest BCUT2D eigenvalue weighted by Crippen LogP contribution is -2.14. The van der Waals surface area contributed by atoms with Crippen LogP contribution in [0.25, 0.3) is 22.3 Å². The van der Waals surface area contributed by atoms with Gasteiger partial charge in [-0.1, -0.05) is 55.5 Å². The summed E-state index contributed by atoms with van der Waals surface area (Å²) in [7, 11) is 0. The minimum Gasteiger partial charge on any atom is -0.481 e. The molecule has 1 atom stereocenters. The van der Waals surface area contributed by atoms with E-state index in [1.807, 2.05) is 54.6 Å². The maximum Gasteiger partial charge on any atom is 0.306 e. The molecule has 1 heterocycles. The number of hydrogen-bond donors (Lipinski definition) is 1. The molecule has 0 aliphatic rings. The van der Waals surface area contributed by atoms with E-state index in [0.717, 1.165) is 22.2 Å². The summed E-state index contributed by atoms with van der Waals surface area (Å²) in [6, 6.07) is 17.4. The van der Waals surface area contributed by atoms with Crippen LogP contribution in [-0.4, -0.2) is 21.0 Å². The lowest BCUT2D eigenvalue weighted by molar-refractivity contribution is -0.141. The Bertz CT molecular complexity index is 816. The third-order valence-corrected chi connectivity index (χ3v) is 3.64. The first-order valence-corrected chi connectivity index (χ1v) is 7.19. The highest BCUT2D eigenvalue weighted by atomic mass is 16.4. The number of carbonyl (C=O) groups is 1. The van der Waals surface area contributed by atoms with Crippen LogP contribution in [0.5, 0.6) is 0 Å². The van der Waals surface area contributed by atoms with Gasteiger partial charge in [-0.25, -0.2) is 9.97 Å². The molecule has 0 spiro atoms. The van der Waals surface area contributed by atoms with Crippen molar-refractivity contribution in [2.75, 3.05) is 0 Å². The predicted molar refractivity (Wildman–Crippen MR) is 85.5 cm³/mol. The molecule has 0 aliphatic heterocycles. The standard InChI is InChI=1S/C18H16N2O2/c1-12(18(21)22)11-16-14-9-5-6-10-15(14)19-17(20-16)13-7-3-2-4-8-13/h2-10,12H,11H2,1H3,(H,21,22). The van der Waals surface area contributed by atoms with E-state index in [1.54, 1.807) is 6.92 Å². The van der Waals surface area contributed by atoms with E-state index in [9.17, 15) is 4.79 Å². The van der Waals surface area contributed by atoms with Crippen molar-refractivity contribution in [3.8, 4) is 11.4 Å². The maximum atomic E-state index is 11.2. The van der Waals surface area contributed by atoms with Crippen LogP contribution in [0, 0.1) is 5.92 Å². The van der Waals surface area contributed by atoms with Crippen molar-refractivity contribution in [1.82, 2.24) is 9.97 Å². The number of nitrogens with zero attached hydrogens (tertiary/aromatic N) is 2. The second-order valence-electron chi connectivity index (χ2n) is 5.32. The summed E-state index contributed by atoms with van der Waals surface area (Å²) in [5, 5.41) is 10.1. The highest BCUT2D eigenvalue weighted by Crippen LogP contribution is 2.23. The Kier molecular flexibility index (Phi) is 3.83. The third-order valence-electron chi connectivity index (χ3n) is 3.64. The molecule has 0 saturated heterocycles. The average Bonchev–Trinajstić information content (AvgIpc) is 2.55. The number of aliphatic carboxylic acids is 1. The summed E-state index contributed by atoms with van der Waals surface area (Å²) in [6.45, 7) is 1.70. The number of aromatic nitrogens is 2. The highest BCUT2D eigenvalue weighted by molar-refractivity contribution is 5.83. The molecule has 1 unspecified atom stereocenters. The fourth-order valence-corrected chi connectivity index (χ4v) is 2.39. The maximum absolute atomic E-state index is 11.2. The van der Waals surface area contributed by atoms with Crippen LogP contribution >= 0.6 is 0 Å². The lowest BCUT2D eigenvalue weighted by atomic mass is 10.0. The monoisotopic (exact) mass is 292 g/mol. The predicted octanol–water partition coefficient (Wildman–Crippen LogP) is 3.56. The summed E-state index contributed by atoms with van der Waals surface area (Å²) in [4.78, 5) is 20.4. The van der Waals surface area contributed by atoms with Crippen molar-refractivity contribution in [3.05, 3.63) is 60.3 Å². The van der Waals surface area contributed by atoms with Crippen LogP contribution in [0.2, 0.25) is 0 Å². The zero-order valence-corrected chi connectivity index (χ0v) is 12.2. The molecule has 4 nitrogen and oxygen atoms in total. The molecule has 0 aliphatic carbocycles. The first-order chi connectivity index (χ1) is 10.6. The van der Waals surface area contributed by atoms with Gasteiger partial charge in [0.2, 0.25) is 0 Å². The van der Waals surface area contributed by atoms with Crippen molar-refractivity contribution < 1.29 is 9.90 Å². The Morgan fingerprint density at radius 1 is 1.05 bits per heavy atom. The molecule has 110 valence electrons. The number of carboxylic acids is 1. The molecule has 2 aromatic carbocycles. The van der Waals surface area contributed by atoms with Crippen LogP contribution in [0.1, 0.15) is 12.6 Å². The molecular formula is C18H16N2O2. The molecule has 3 aromatic rings. The lowest BCUT2D eigenvalue weighted by Gasteiger charge is -2.11. The zero-order valence-electron chi connectivity index (χ0n) is 12.2. The van der Waals surface area contributed by atoms with Gasteiger partial charge in [0.05, 0.1) is 17.1 Å². The van der Waals surface area contributed by atoms with Crippen molar-refractivity contribution >= 4 is 16.9 Å². The molecule has 0 fully saturated rings. The van der Waals surface area contributed by atoms with Gasteiger partial charge in [0.25, 0.3) is 0 Å². The summed E-state index contributed by atoms with van der Waals surface area (Å²) in [5.41, 5.74) is 2.54. The van der Waals surface area contributed by atoms with Crippen molar-refractivity contribution in [3.63, 3.8) is 0 Å². The van der Waals surface area contributed by atoms with Gasteiger partial charge in [-0.15, -0.1) is 0 Å². The molecule has 0 saturated carbocycles. The smallest absolute Gasteiger partial charge is 0.306 e. The van der Waals surface area contributed by atoms with E-state index < -0.39 is 11.9 Å². The van der Waals surface area contributed by atoms with Crippen LogP contribution in [0.15, 0.2) is 54.6 Å². The average molecular weight is 292 g/mol. The highest BCUT2D eigenvalue weighted by Gasteiger charge is 2.16. The van der Waals surface area contributed by atoms with Gasteiger partial charge in [0.15, 0.2) is 5.82 Å². The topological polar surface area (TPSA) is 63.1 Å². The SMILES string of the molecule is CC(Cc1nc(-c2ccccc2)nc2ccccc12)C(=O)O. The Morgan fingerprint density at radius 3 is 2.45 bits per heavy atom. The number of benzene rings is 2. The Balaban J connectivity index is 2.14. The number of fused-ring (bicyclic) bond motifs is 1. The van der Waals surface area contributed by atoms with Gasteiger partial charge in [-0.2, -0.15) is 0 Å².